The van der Waals surface area contributed by atoms with Crippen LogP contribution in [0.15, 0.2) is 47.6 Å². The van der Waals surface area contributed by atoms with E-state index in [4.69, 9.17) is 4.74 Å². The number of phenols is 2. The maximum Gasteiger partial charge on any atom is 0.244 e. The lowest BCUT2D eigenvalue weighted by Gasteiger charge is -2.09. The third-order valence-corrected chi connectivity index (χ3v) is 3.20. The van der Waals surface area contributed by atoms with Crippen molar-refractivity contribution in [1.82, 2.24) is 5.43 Å². The molecule has 0 fully saturated rings. The third-order valence-electron chi connectivity index (χ3n) is 3.20. The van der Waals surface area contributed by atoms with E-state index in [0.717, 1.165) is 0 Å². The van der Waals surface area contributed by atoms with E-state index >= 15 is 0 Å². The van der Waals surface area contributed by atoms with Gasteiger partial charge in [0, 0.05) is 11.6 Å². The van der Waals surface area contributed by atoms with E-state index < -0.39 is 0 Å². The van der Waals surface area contributed by atoms with Gasteiger partial charge in [0.2, 0.25) is 5.91 Å². The van der Waals surface area contributed by atoms with Gasteiger partial charge in [-0.2, -0.15) is 5.10 Å². The minimum Gasteiger partial charge on any atom is -0.508 e. The summed E-state index contributed by atoms with van der Waals surface area (Å²) >= 11 is 0. The summed E-state index contributed by atoms with van der Waals surface area (Å²) in [5.74, 6) is 0.372. The van der Waals surface area contributed by atoms with Crippen LogP contribution in [0, 0.1) is 0 Å². The lowest BCUT2D eigenvalue weighted by molar-refractivity contribution is -0.120. The number of ether oxygens (including phenoxy) is 1. The quantitative estimate of drug-likeness (QED) is 0.583. The van der Waals surface area contributed by atoms with Gasteiger partial charge in [-0.1, -0.05) is 12.1 Å². The number of nitrogens with one attached hydrogen (secondary N) is 1. The summed E-state index contributed by atoms with van der Waals surface area (Å²) in [5, 5.41) is 22.9. The zero-order valence-corrected chi connectivity index (χ0v) is 12.9. The Labute approximate surface area is 134 Å². The van der Waals surface area contributed by atoms with Crippen LogP contribution in [0.1, 0.15) is 18.1 Å². The highest BCUT2D eigenvalue weighted by Crippen LogP contribution is 2.24. The molecule has 23 heavy (non-hydrogen) atoms. The van der Waals surface area contributed by atoms with E-state index in [0.29, 0.717) is 22.6 Å². The predicted molar refractivity (Wildman–Crippen MR) is 86.8 cm³/mol. The highest BCUT2D eigenvalue weighted by Gasteiger charge is 2.08. The van der Waals surface area contributed by atoms with Gasteiger partial charge in [-0.15, -0.1) is 0 Å². The van der Waals surface area contributed by atoms with Crippen LogP contribution in [-0.4, -0.2) is 28.9 Å². The summed E-state index contributed by atoms with van der Waals surface area (Å²) in [6.07, 6.45) is 0.109. The average molecular weight is 314 g/mol. The van der Waals surface area contributed by atoms with Crippen molar-refractivity contribution in [2.75, 3.05) is 7.11 Å². The Kier molecular flexibility index (Phi) is 5.19. The normalized spacial score (nSPS) is 11.1. The molecule has 1 amide bonds. The third kappa shape index (κ3) is 4.47. The van der Waals surface area contributed by atoms with Crippen molar-refractivity contribution in [3.05, 3.63) is 53.6 Å². The molecule has 0 spiro atoms. The number of amides is 1. The molecular weight excluding hydrogens is 296 g/mol. The second-order valence-corrected chi connectivity index (χ2v) is 4.96. The molecule has 0 bridgehead atoms. The summed E-state index contributed by atoms with van der Waals surface area (Å²) in [6, 6.07) is 11.1. The fraction of sp³-hybridized carbons (Fsp3) is 0.176. The van der Waals surface area contributed by atoms with Crippen LogP contribution in [0.3, 0.4) is 0 Å². The maximum atomic E-state index is 11.9. The molecule has 6 nitrogen and oxygen atoms in total. The molecule has 0 saturated heterocycles. The SMILES string of the molecule is COc1cc(O)ccc1/C(C)=N\NC(=O)Cc1cccc(O)c1. The molecule has 0 radical (unpaired) electrons. The number of methoxy groups -OCH3 is 1. The van der Waals surface area contributed by atoms with Crippen molar-refractivity contribution in [3.63, 3.8) is 0 Å². The molecule has 2 rings (SSSR count). The molecule has 0 saturated carbocycles. The van der Waals surface area contributed by atoms with E-state index in [2.05, 4.69) is 10.5 Å². The standard InChI is InChI=1S/C17H18N2O4/c1-11(15-7-6-14(21)10-16(15)23-2)18-19-17(22)9-12-4-3-5-13(20)8-12/h3-8,10,20-21H,9H2,1-2H3,(H,19,22)/b18-11-. The molecule has 3 N–H and O–H groups in total. The van der Waals surface area contributed by atoms with Gasteiger partial charge in [-0.3, -0.25) is 4.79 Å². The first kappa shape index (κ1) is 16.4. The lowest BCUT2D eigenvalue weighted by atomic mass is 10.1. The molecule has 2 aromatic carbocycles. The second-order valence-electron chi connectivity index (χ2n) is 4.96. The van der Waals surface area contributed by atoms with E-state index in [1.807, 2.05) is 0 Å². The summed E-state index contributed by atoms with van der Waals surface area (Å²) < 4.78 is 5.18. The Hall–Kier alpha value is -3.02. The van der Waals surface area contributed by atoms with E-state index in [1.165, 1.54) is 25.3 Å². The molecule has 0 unspecified atom stereocenters. The van der Waals surface area contributed by atoms with Gasteiger partial charge in [0.05, 0.1) is 19.2 Å². The summed E-state index contributed by atoms with van der Waals surface area (Å²) in [5.41, 5.74) is 4.37. The Morgan fingerprint density at radius 1 is 1.17 bits per heavy atom. The number of phenolic OH excluding ortho intramolecular Hbond substituents is 2. The fourth-order valence-corrected chi connectivity index (χ4v) is 2.08. The molecule has 120 valence electrons. The van der Waals surface area contributed by atoms with E-state index in [-0.39, 0.29) is 23.8 Å². The van der Waals surface area contributed by atoms with Crippen LogP contribution in [0.2, 0.25) is 0 Å². The molecule has 0 aliphatic rings. The molecule has 0 heterocycles. The molecule has 0 aromatic heterocycles. The number of nitrogens with zero attached hydrogens (tertiary/aromatic N) is 1. The largest absolute Gasteiger partial charge is 0.508 e. The van der Waals surface area contributed by atoms with Crippen molar-refractivity contribution in [2.45, 2.75) is 13.3 Å². The van der Waals surface area contributed by atoms with Crippen LogP contribution >= 0.6 is 0 Å². The van der Waals surface area contributed by atoms with Gasteiger partial charge in [-0.05, 0) is 36.8 Å². The van der Waals surface area contributed by atoms with Crippen molar-refractivity contribution in [1.29, 1.82) is 0 Å². The van der Waals surface area contributed by atoms with Gasteiger partial charge in [0.1, 0.15) is 17.2 Å². The molecule has 2 aromatic rings. The molecule has 6 heteroatoms. The topological polar surface area (TPSA) is 91.2 Å². The van der Waals surface area contributed by atoms with Crippen molar-refractivity contribution >= 4 is 11.6 Å². The number of aromatic hydroxyl groups is 2. The maximum absolute atomic E-state index is 11.9. The summed E-state index contributed by atoms with van der Waals surface area (Å²) in [4.78, 5) is 11.9. The van der Waals surface area contributed by atoms with Crippen LogP contribution in [0.4, 0.5) is 0 Å². The Bertz CT molecular complexity index is 741. The minimum atomic E-state index is -0.298. The zero-order valence-electron chi connectivity index (χ0n) is 12.9. The average Bonchev–Trinajstić information content (AvgIpc) is 2.52. The van der Waals surface area contributed by atoms with Crippen LogP contribution in [-0.2, 0) is 11.2 Å². The van der Waals surface area contributed by atoms with Crippen LogP contribution in [0.25, 0.3) is 0 Å². The number of hydrogen-bond donors (Lipinski definition) is 3. The van der Waals surface area contributed by atoms with Gasteiger partial charge in [0.15, 0.2) is 0 Å². The lowest BCUT2D eigenvalue weighted by Crippen LogP contribution is -2.21. The van der Waals surface area contributed by atoms with Crippen molar-refractivity contribution < 1.29 is 19.7 Å². The second kappa shape index (κ2) is 7.31. The summed E-state index contributed by atoms with van der Waals surface area (Å²) in [6.45, 7) is 1.73. The molecular formula is C17H18N2O4. The van der Waals surface area contributed by atoms with Crippen molar-refractivity contribution in [2.24, 2.45) is 5.10 Å². The highest BCUT2D eigenvalue weighted by molar-refractivity contribution is 6.01. The fourth-order valence-electron chi connectivity index (χ4n) is 2.08. The number of benzene rings is 2. The summed E-state index contributed by atoms with van der Waals surface area (Å²) in [7, 11) is 1.49. The Balaban J connectivity index is 2.06. The van der Waals surface area contributed by atoms with Gasteiger partial charge in [-0.25, -0.2) is 5.43 Å². The predicted octanol–water partition coefficient (Wildman–Crippen LogP) is 2.19. The monoisotopic (exact) mass is 314 g/mol. The zero-order chi connectivity index (χ0) is 16.8. The Morgan fingerprint density at radius 2 is 1.91 bits per heavy atom. The van der Waals surface area contributed by atoms with Gasteiger partial charge < -0.3 is 14.9 Å². The first-order chi connectivity index (χ1) is 11.0. The number of hydrazone groups is 1. The highest BCUT2D eigenvalue weighted by atomic mass is 16.5. The van der Waals surface area contributed by atoms with Gasteiger partial charge >= 0.3 is 0 Å². The Morgan fingerprint density at radius 3 is 2.61 bits per heavy atom. The van der Waals surface area contributed by atoms with E-state index in [1.54, 1.807) is 31.2 Å². The van der Waals surface area contributed by atoms with Crippen LogP contribution in [0.5, 0.6) is 17.2 Å². The van der Waals surface area contributed by atoms with E-state index in [9.17, 15) is 15.0 Å². The number of carbonyl (C=O) groups is 1. The molecule has 0 atom stereocenters. The number of rotatable bonds is 5. The first-order valence-corrected chi connectivity index (χ1v) is 6.98. The molecule has 0 aliphatic carbocycles. The minimum absolute atomic E-state index is 0.0892. The number of hydrogen-bond acceptors (Lipinski definition) is 5. The number of carbonyl (C=O) groups excluding carboxylic acids is 1. The molecule has 0 aliphatic heterocycles. The van der Waals surface area contributed by atoms with Crippen molar-refractivity contribution in [3.8, 4) is 17.2 Å². The first-order valence-electron chi connectivity index (χ1n) is 6.98. The van der Waals surface area contributed by atoms with Crippen LogP contribution < -0.4 is 10.2 Å². The van der Waals surface area contributed by atoms with Gasteiger partial charge in [0.25, 0.3) is 0 Å². The smallest absolute Gasteiger partial charge is 0.244 e.